The van der Waals surface area contributed by atoms with Crippen molar-refractivity contribution >= 4 is 23.3 Å². The van der Waals surface area contributed by atoms with Crippen molar-refractivity contribution in [2.45, 2.75) is 20.3 Å². The van der Waals surface area contributed by atoms with E-state index in [2.05, 4.69) is 5.32 Å². The fourth-order valence-electron chi connectivity index (χ4n) is 5.32. The van der Waals surface area contributed by atoms with Crippen LogP contribution in [0.5, 0.6) is 0 Å². The average Bonchev–Trinajstić information content (AvgIpc) is 3.03. The molecule has 0 saturated carbocycles. The van der Waals surface area contributed by atoms with Crippen LogP contribution in [0.15, 0.2) is 77.4 Å². The quantitative estimate of drug-likeness (QED) is 0.644. The summed E-state index contributed by atoms with van der Waals surface area (Å²) in [5.74, 6) is -0.843. The Kier molecular flexibility index (Phi) is 5.44. The first-order chi connectivity index (χ1) is 16.5. The Hall–Kier alpha value is -3.93. The van der Waals surface area contributed by atoms with Gasteiger partial charge in [0.1, 0.15) is 0 Å². The number of anilines is 1. The number of nitrogens with one attached hydrogen (secondary N) is 2. The van der Waals surface area contributed by atoms with Crippen LogP contribution in [0.2, 0.25) is 0 Å². The van der Waals surface area contributed by atoms with Crippen molar-refractivity contribution in [1.82, 2.24) is 0 Å². The molecule has 0 aromatic rings. The van der Waals surface area contributed by atoms with E-state index in [4.69, 9.17) is 9.47 Å². The molecule has 1 heterocycles. The van der Waals surface area contributed by atoms with Gasteiger partial charge in [0.2, 0.25) is 0 Å². The molecule has 6 heteroatoms. The van der Waals surface area contributed by atoms with Crippen molar-refractivity contribution in [1.29, 1.82) is 5.41 Å². The Morgan fingerprint density at radius 2 is 1.74 bits per heavy atom. The first-order valence-electron chi connectivity index (χ1n) is 11.5. The zero-order chi connectivity index (χ0) is 23.9. The third-order valence-corrected chi connectivity index (χ3v) is 6.74. The van der Waals surface area contributed by atoms with E-state index < -0.39 is 11.4 Å². The van der Waals surface area contributed by atoms with Gasteiger partial charge in [0.25, 0.3) is 0 Å². The molecule has 0 bridgehead atoms. The molecule has 1 atom stereocenters. The number of allylic oxidation sites excluding steroid dienone is 6. The SMILES string of the molecule is CCOC(=O)C1=C2C=CC=CC=C2C2(CNc3c(c4cccccc-4c3C(=O)OCC)C2)C1=N. The van der Waals surface area contributed by atoms with Crippen molar-refractivity contribution in [2.75, 3.05) is 25.1 Å². The van der Waals surface area contributed by atoms with Gasteiger partial charge in [0, 0.05) is 6.54 Å². The maximum Gasteiger partial charge on any atom is 0.340 e. The second kappa shape index (κ2) is 8.45. The average molecular weight is 455 g/mol. The monoisotopic (exact) mass is 454 g/mol. The molecule has 0 amide bonds. The van der Waals surface area contributed by atoms with E-state index in [9.17, 15) is 15.0 Å². The number of hydrogen-bond donors (Lipinski definition) is 2. The van der Waals surface area contributed by atoms with Gasteiger partial charge < -0.3 is 20.2 Å². The first kappa shape index (κ1) is 21.9. The van der Waals surface area contributed by atoms with Crippen LogP contribution in [0.4, 0.5) is 5.69 Å². The third kappa shape index (κ3) is 3.13. The summed E-state index contributed by atoms with van der Waals surface area (Å²) in [6.45, 7) is 4.47. The third-order valence-electron chi connectivity index (χ3n) is 6.74. The van der Waals surface area contributed by atoms with Crippen LogP contribution in [-0.4, -0.2) is 37.4 Å². The lowest BCUT2D eigenvalue weighted by atomic mass is 9.71. The van der Waals surface area contributed by atoms with Crippen molar-refractivity contribution in [2.24, 2.45) is 5.41 Å². The van der Waals surface area contributed by atoms with Gasteiger partial charge in [0.15, 0.2) is 0 Å². The zero-order valence-corrected chi connectivity index (χ0v) is 19.2. The summed E-state index contributed by atoms with van der Waals surface area (Å²) in [5, 5.41) is 12.6. The highest BCUT2D eigenvalue weighted by Gasteiger charge is 2.52. The van der Waals surface area contributed by atoms with Crippen molar-refractivity contribution in [3.63, 3.8) is 0 Å². The lowest BCUT2D eigenvalue weighted by Crippen LogP contribution is -2.42. The molecule has 0 aromatic heterocycles. The lowest BCUT2D eigenvalue weighted by molar-refractivity contribution is -0.137. The molecule has 0 radical (unpaired) electrons. The van der Waals surface area contributed by atoms with Gasteiger partial charge in [-0.15, -0.1) is 0 Å². The van der Waals surface area contributed by atoms with Crippen molar-refractivity contribution in [3.8, 4) is 11.1 Å². The highest BCUT2D eigenvalue weighted by Crippen LogP contribution is 2.54. The molecule has 4 aliphatic carbocycles. The molecule has 1 unspecified atom stereocenters. The second-order valence-corrected chi connectivity index (χ2v) is 8.51. The predicted octanol–water partition coefficient (Wildman–Crippen LogP) is 4.87. The van der Waals surface area contributed by atoms with E-state index in [1.807, 2.05) is 60.7 Å². The van der Waals surface area contributed by atoms with Crippen LogP contribution < -0.4 is 5.32 Å². The van der Waals surface area contributed by atoms with Gasteiger partial charge in [-0.2, -0.15) is 0 Å². The van der Waals surface area contributed by atoms with Crippen LogP contribution in [0.3, 0.4) is 0 Å². The van der Waals surface area contributed by atoms with E-state index in [1.165, 1.54) is 0 Å². The summed E-state index contributed by atoms with van der Waals surface area (Å²) >= 11 is 0. The van der Waals surface area contributed by atoms with Gasteiger partial charge >= 0.3 is 11.9 Å². The molecule has 1 spiro atoms. The molecular weight excluding hydrogens is 428 g/mol. The zero-order valence-electron chi connectivity index (χ0n) is 19.2. The van der Waals surface area contributed by atoms with Gasteiger partial charge in [-0.25, -0.2) is 9.59 Å². The molecular formula is C28H26N2O4. The fourth-order valence-corrected chi connectivity index (χ4v) is 5.32. The normalized spacial score (nSPS) is 20.5. The Morgan fingerprint density at radius 3 is 2.50 bits per heavy atom. The minimum Gasteiger partial charge on any atom is -0.462 e. The number of hydrogen-bond acceptors (Lipinski definition) is 6. The molecule has 2 N–H and O–H groups in total. The molecule has 5 rings (SSSR count). The highest BCUT2D eigenvalue weighted by molar-refractivity contribution is 6.27. The summed E-state index contributed by atoms with van der Waals surface area (Å²) in [4.78, 5) is 25.9. The standard InChI is InChI=1S/C28H26N2O4/c1-3-33-26(31)22-18-12-8-5-7-11-17(18)20-15-28(16-30-24(20)22)21-14-10-6-9-13-19(21)23(25(28)29)27(32)34-4-2/h5-14,29-30H,3-4,15-16H2,1-2H3. The number of fused-ring (bicyclic) bond motifs is 5. The van der Waals surface area contributed by atoms with Crippen LogP contribution >= 0.6 is 0 Å². The molecule has 6 nitrogen and oxygen atoms in total. The highest BCUT2D eigenvalue weighted by atomic mass is 16.5. The number of ether oxygens (including phenoxy) is 2. The van der Waals surface area contributed by atoms with E-state index in [0.29, 0.717) is 24.1 Å². The van der Waals surface area contributed by atoms with Crippen LogP contribution in [-0.2, 0) is 20.7 Å². The van der Waals surface area contributed by atoms with Gasteiger partial charge in [-0.1, -0.05) is 60.7 Å². The first-order valence-corrected chi connectivity index (χ1v) is 11.5. The second-order valence-electron chi connectivity index (χ2n) is 8.51. The number of carbonyl (C=O) groups excluding carboxylic acids is 2. The van der Waals surface area contributed by atoms with Crippen molar-refractivity contribution in [3.05, 3.63) is 88.6 Å². The lowest BCUT2D eigenvalue weighted by Gasteiger charge is -2.37. The summed E-state index contributed by atoms with van der Waals surface area (Å²) in [6.07, 6.45) is 10.1. The smallest absolute Gasteiger partial charge is 0.340 e. The number of esters is 2. The minimum absolute atomic E-state index is 0.242. The van der Waals surface area contributed by atoms with Crippen LogP contribution in [0, 0.1) is 10.8 Å². The van der Waals surface area contributed by atoms with Gasteiger partial charge in [-0.3, -0.25) is 0 Å². The summed E-state index contributed by atoms with van der Waals surface area (Å²) in [7, 11) is 0. The molecule has 1 aliphatic heterocycles. The Labute approximate surface area is 198 Å². The molecule has 0 aromatic carbocycles. The van der Waals surface area contributed by atoms with E-state index >= 15 is 0 Å². The van der Waals surface area contributed by atoms with Gasteiger partial charge in [0.05, 0.1) is 41.2 Å². The van der Waals surface area contributed by atoms with E-state index in [1.54, 1.807) is 13.8 Å². The predicted molar refractivity (Wildman–Crippen MR) is 131 cm³/mol. The topological polar surface area (TPSA) is 88.5 Å². The molecule has 5 aliphatic rings. The number of carbonyl (C=O) groups is 2. The van der Waals surface area contributed by atoms with Gasteiger partial charge in [-0.05, 0) is 48.1 Å². The van der Waals surface area contributed by atoms with E-state index in [0.717, 1.165) is 33.5 Å². The van der Waals surface area contributed by atoms with E-state index in [-0.39, 0.29) is 24.9 Å². The Bertz CT molecular complexity index is 1310. The van der Waals surface area contributed by atoms with Crippen LogP contribution in [0.25, 0.3) is 11.1 Å². The minimum atomic E-state index is -0.759. The molecule has 0 saturated heterocycles. The largest absolute Gasteiger partial charge is 0.462 e. The number of rotatable bonds is 4. The Morgan fingerprint density at radius 1 is 1.00 bits per heavy atom. The van der Waals surface area contributed by atoms with Crippen molar-refractivity contribution < 1.29 is 19.1 Å². The summed E-state index contributed by atoms with van der Waals surface area (Å²) in [6, 6.07) is 9.71. The molecule has 0 fully saturated rings. The molecule has 172 valence electrons. The maximum absolute atomic E-state index is 13.0. The molecule has 34 heavy (non-hydrogen) atoms. The Balaban J connectivity index is 1.68. The maximum atomic E-state index is 13.0. The summed E-state index contributed by atoms with van der Waals surface area (Å²) in [5.41, 5.74) is 5.42. The van der Waals surface area contributed by atoms with Crippen LogP contribution in [0.1, 0.15) is 29.8 Å². The fraction of sp³-hybridized carbons (Fsp3) is 0.250. The summed E-state index contributed by atoms with van der Waals surface area (Å²) < 4.78 is 10.7.